The van der Waals surface area contributed by atoms with Crippen molar-refractivity contribution in [1.82, 2.24) is 4.90 Å². The lowest BCUT2D eigenvalue weighted by atomic mass is 10.2. The quantitative estimate of drug-likeness (QED) is 0.561. The van der Waals surface area contributed by atoms with Crippen molar-refractivity contribution in [3.8, 4) is 0 Å². The van der Waals surface area contributed by atoms with Crippen molar-refractivity contribution in [2.75, 3.05) is 25.0 Å². The van der Waals surface area contributed by atoms with Gasteiger partial charge >= 0.3 is 12.0 Å². The normalized spacial score (nSPS) is 9.57. The van der Waals surface area contributed by atoms with E-state index in [1.807, 2.05) is 0 Å². The topological polar surface area (TPSA) is 102 Å². The number of nitrogens with one attached hydrogen (secondary N) is 1. The second kappa shape index (κ2) is 9.04. The minimum atomic E-state index is -0.699. The minimum absolute atomic E-state index is 0.256. The molecule has 0 fully saturated rings. The van der Waals surface area contributed by atoms with Crippen LogP contribution in [0.1, 0.15) is 10.4 Å². The van der Waals surface area contributed by atoms with Gasteiger partial charge in [0.25, 0.3) is 5.91 Å². The van der Waals surface area contributed by atoms with Gasteiger partial charge in [0.1, 0.15) is 0 Å². The molecule has 0 aliphatic heterocycles. The van der Waals surface area contributed by atoms with E-state index in [1.165, 1.54) is 29.2 Å². The average Bonchev–Trinajstić information content (AvgIpc) is 2.52. The van der Waals surface area contributed by atoms with Crippen molar-refractivity contribution >= 4 is 23.6 Å². The first-order valence-corrected chi connectivity index (χ1v) is 6.81. The molecule has 0 aliphatic carbocycles. The molecule has 0 bridgehead atoms. The second-order valence-corrected chi connectivity index (χ2v) is 4.52. The molecule has 0 aliphatic rings. The van der Waals surface area contributed by atoms with E-state index in [4.69, 9.17) is 10.5 Å². The molecule has 0 heterocycles. The zero-order valence-electron chi connectivity index (χ0n) is 12.7. The number of carbonyl (C=O) groups excluding carboxylic acids is 3. The minimum Gasteiger partial charge on any atom is -0.452 e. The number of ether oxygens (including phenoxy) is 1. The van der Waals surface area contributed by atoms with Gasteiger partial charge in [0.15, 0.2) is 6.61 Å². The van der Waals surface area contributed by atoms with E-state index >= 15 is 0 Å². The summed E-state index contributed by atoms with van der Waals surface area (Å²) < 4.78 is 4.97. The van der Waals surface area contributed by atoms with Crippen LogP contribution in [0.25, 0.3) is 0 Å². The fourth-order valence-corrected chi connectivity index (χ4v) is 1.72. The molecular weight excluding hydrogens is 298 g/mol. The van der Waals surface area contributed by atoms with Gasteiger partial charge in [0.2, 0.25) is 0 Å². The Morgan fingerprint density at radius 3 is 2.17 bits per heavy atom. The largest absolute Gasteiger partial charge is 0.452 e. The number of hydrogen-bond acceptors (Lipinski definition) is 4. The zero-order valence-corrected chi connectivity index (χ0v) is 12.7. The molecule has 1 aromatic carbocycles. The van der Waals surface area contributed by atoms with E-state index in [-0.39, 0.29) is 18.1 Å². The van der Waals surface area contributed by atoms with Crippen LogP contribution >= 0.6 is 0 Å². The maximum Gasteiger partial charge on any atom is 0.338 e. The van der Waals surface area contributed by atoms with E-state index in [0.29, 0.717) is 18.8 Å². The molecule has 0 radical (unpaired) electrons. The molecule has 7 nitrogen and oxygen atoms in total. The summed E-state index contributed by atoms with van der Waals surface area (Å²) in [6.45, 7) is 7.44. The number of rotatable bonds is 8. The van der Waals surface area contributed by atoms with Crippen LogP contribution in [0.15, 0.2) is 49.6 Å². The lowest BCUT2D eigenvalue weighted by molar-refractivity contribution is -0.133. The van der Waals surface area contributed by atoms with E-state index in [2.05, 4.69) is 18.5 Å². The van der Waals surface area contributed by atoms with Gasteiger partial charge in [-0.05, 0) is 24.3 Å². The van der Waals surface area contributed by atoms with Crippen LogP contribution in [0.5, 0.6) is 0 Å². The van der Waals surface area contributed by atoms with Crippen LogP contribution in [0.2, 0.25) is 0 Å². The van der Waals surface area contributed by atoms with Crippen LogP contribution in [-0.4, -0.2) is 42.5 Å². The Bertz CT molecular complexity index is 586. The van der Waals surface area contributed by atoms with Gasteiger partial charge in [-0.2, -0.15) is 0 Å². The molecule has 0 spiro atoms. The predicted octanol–water partition coefficient (Wildman–Crippen LogP) is 1.53. The number of primary amides is 1. The van der Waals surface area contributed by atoms with Crippen LogP contribution < -0.4 is 11.1 Å². The highest BCUT2D eigenvalue weighted by atomic mass is 16.5. The molecule has 0 aromatic heterocycles. The van der Waals surface area contributed by atoms with Crippen molar-refractivity contribution in [2.24, 2.45) is 5.73 Å². The Morgan fingerprint density at radius 1 is 1.13 bits per heavy atom. The van der Waals surface area contributed by atoms with Gasteiger partial charge in [-0.15, -0.1) is 13.2 Å². The maximum absolute atomic E-state index is 11.9. The maximum atomic E-state index is 11.9. The predicted molar refractivity (Wildman–Crippen MR) is 86.9 cm³/mol. The van der Waals surface area contributed by atoms with E-state index in [0.717, 1.165) is 0 Å². The number of amides is 3. The van der Waals surface area contributed by atoms with E-state index < -0.39 is 12.0 Å². The van der Waals surface area contributed by atoms with Crippen LogP contribution in [0.4, 0.5) is 10.5 Å². The highest BCUT2D eigenvalue weighted by molar-refractivity contribution is 5.93. The summed E-state index contributed by atoms with van der Waals surface area (Å²) in [7, 11) is 0. The zero-order chi connectivity index (χ0) is 17.2. The Hall–Kier alpha value is -3.09. The number of nitrogens with zero attached hydrogens (tertiary/aromatic N) is 1. The van der Waals surface area contributed by atoms with Gasteiger partial charge < -0.3 is 20.7 Å². The summed E-state index contributed by atoms with van der Waals surface area (Å²) in [4.78, 5) is 36.0. The van der Waals surface area contributed by atoms with Gasteiger partial charge in [0, 0.05) is 18.8 Å². The molecule has 1 rings (SSSR count). The van der Waals surface area contributed by atoms with Crippen LogP contribution in [0, 0.1) is 0 Å². The Balaban J connectivity index is 2.58. The fraction of sp³-hybridized carbons (Fsp3) is 0.188. The third kappa shape index (κ3) is 6.04. The Morgan fingerprint density at radius 2 is 1.70 bits per heavy atom. The second-order valence-electron chi connectivity index (χ2n) is 4.52. The molecular formula is C16H19N3O4. The number of carbonyl (C=O) groups is 3. The lowest BCUT2D eigenvalue weighted by Gasteiger charge is -2.18. The molecule has 1 aromatic rings. The first-order valence-electron chi connectivity index (χ1n) is 6.81. The number of nitrogens with two attached hydrogens (primary N) is 1. The van der Waals surface area contributed by atoms with Gasteiger partial charge in [-0.3, -0.25) is 4.79 Å². The van der Waals surface area contributed by atoms with Crippen molar-refractivity contribution in [2.45, 2.75) is 0 Å². The summed E-state index contributed by atoms with van der Waals surface area (Å²) in [6, 6.07) is 5.23. The Labute approximate surface area is 134 Å². The lowest BCUT2D eigenvalue weighted by Crippen LogP contribution is -2.35. The molecule has 0 saturated carbocycles. The summed E-state index contributed by atoms with van der Waals surface area (Å²) in [6.07, 6.45) is 3.15. The smallest absolute Gasteiger partial charge is 0.338 e. The highest BCUT2D eigenvalue weighted by Crippen LogP contribution is 2.10. The van der Waals surface area contributed by atoms with Crippen molar-refractivity contribution < 1.29 is 19.1 Å². The van der Waals surface area contributed by atoms with Crippen molar-refractivity contribution in [3.05, 3.63) is 55.1 Å². The van der Waals surface area contributed by atoms with Crippen molar-refractivity contribution in [3.63, 3.8) is 0 Å². The summed E-state index contributed by atoms with van der Waals surface area (Å²) in [5.74, 6) is -0.980. The van der Waals surface area contributed by atoms with Crippen molar-refractivity contribution in [1.29, 1.82) is 0 Å². The molecule has 122 valence electrons. The molecule has 23 heavy (non-hydrogen) atoms. The first kappa shape index (κ1) is 18.0. The SMILES string of the molecule is C=CCN(CC=C)C(=O)COC(=O)c1ccc(NC(N)=O)cc1. The summed E-state index contributed by atoms with van der Waals surface area (Å²) >= 11 is 0. The molecule has 3 amide bonds. The monoisotopic (exact) mass is 317 g/mol. The number of anilines is 1. The molecule has 0 atom stereocenters. The highest BCUT2D eigenvalue weighted by Gasteiger charge is 2.14. The molecule has 0 unspecified atom stereocenters. The van der Waals surface area contributed by atoms with Gasteiger partial charge in [0.05, 0.1) is 5.56 Å². The number of urea groups is 1. The first-order chi connectivity index (χ1) is 11.0. The number of esters is 1. The third-order valence-electron chi connectivity index (χ3n) is 2.77. The summed E-state index contributed by atoms with van der Waals surface area (Å²) in [5.41, 5.74) is 5.69. The van der Waals surface area contributed by atoms with E-state index in [1.54, 1.807) is 12.2 Å². The van der Waals surface area contributed by atoms with Crippen LogP contribution in [0.3, 0.4) is 0 Å². The van der Waals surface area contributed by atoms with Gasteiger partial charge in [-0.1, -0.05) is 12.2 Å². The average molecular weight is 317 g/mol. The molecule has 3 N–H and O–H groups in total. The standard InChI is InChI=1S/C16H19N3O4/c1-3-9-19(10-4-2)14(20)11-23-15(21)12-5-7-13(8-6-12)18-16(17)22/h3-8H,1-2,9-11H2,(H3,17,18,22). The molecule has 7 heteroatoms. The summed E-state index contributed by atoms with van der Waals surface area (Å²) in [5, 5.41) is 2.37. The fourth-order valence-electron chi connectivity index (χ4n) is 1.72. The third-order valence-corrected chi connectivity index (χ3v) is 2.77. The van der Waals surface area contributed by atoms with E-state index in [9.17, 15) is 14.4 Å². The number of benzene rings is 1. The van der Waals surface area contributed by atoms with Crippen LogP contribution in [-0.2, 0) is 9.53 Å². The van der Waals surface area contributed by atoms with Gasteiger partial charge in [-0.25, -0.2) is 9.59 Å². The number of hydrogen-bond donors (Lipinski definition) is 2. The Kier molecular flexibility index (Phi) is 7.06. The molecule has 0 saturated heterocycles.